The molecule has 0 bridgehead atoms. The maximum absolute atomic E-state index is 12.4. The van der Waals surface area contributed by atoms with Gasteiger partial charge in [-0.25, -0.2) is 0 Å². The van der Waals surface area contributed by atoms with E-state index < -0.39 is 0 Å². The number of para-hydroxylation sites is 1. The quantitative estimate of drug-likeness (QED) is 0.477. The zero-order chi connectivity index (χ0) is 20.6. The zero-order valence-corrected chi connectivity index (χ0v) is 18.0. The molecule has 0 aliphatic rings. The molecule has 1 N–H and O–H groups in total. The van der Waals surface area contributed by atoms with Gasteiger partial charge >= 0.3 is 0 Å². The monoisotopic (exact) mass is 412 g/mol. The molecule has 0 saturated heterocycles. The molecule has 2 aromatic heterocycles. The Balaban J connectivity index is 1.66. The maximum Gasteiger partial charge on any atom is 0.230 e. The zero-order valence-electron chi connectivity index (χ0n) is 17.2. The first-order valence-electron chi connectivity index (χ1n) is 10.0. The second-order valence-electron chi connectivity index (χ2n) is 7.54. The number of carbonyl (C=O) groups is 1. The summed E-state index contributed by atoms with van der Waals surface area (Å²) in [5.41, 5.74) is 0.925. The highest BCUT2D eigenvalue weighted by atomic mass is 32.2. The van der Waals surface area contributed by atoms with Gasteiger partial charge in [0.25, 0.3) is 0 Å². The van der Waals surface area contributed by atoms with Crippen LogP contribution in [0.5, 0.6) is 0 Å². The average molecular weight is 413 g/mol. The normalized spacial score (nSPS) is 12.3. The van der Waals surface area contributed by atoms with E-state index in [0.717, 1.165) is 18.5 Å². The molecule has 0 aliphatic heterocycles. The fourth-order valence-corrected chi connectivity index (χ4v) is 3.85. The van der Waals surface area contributed by atoms with E-state index >= 15 is 0 Å². The van der Waals surface area contributed by atoms with Gasteiger partial charge in [-0.15, -0.1) is 10.2 Å². The van der Waals surface area contributed by atoms with Gasteiger partial charge in [-0.1, -0.05) is 56.7 Å². The molecule has 0 spiro atoms. The Labute approximate surface area is 176 Å². The molecule has 29 heavy (non-hydrogen) atoms. The third kappa shape index (κ3) is 5.97. The largest absolute Gasteiger partial charge is 0.461 e. The van der Waals surface area contributed by atoms with Crippen LogP contribution < -0.4 is 5.32 Å². The Morgan fingerprint density at radius 3 is 2.59 bits per heavy atom. The van der Waals surface area contributed by atoms with Crippen LogP contribution in [0.3, 0.4) is 0 Å². The van der Waals surface area contributed by atoms with Crippen LogP contribution in [0.15, 0.2) is 58.3 Å². The number of hydrogen-bond donors (Lipinski definition) is 1. The van der Waals surface area contributed by atoms with Crippen molar-refractivity contribution in [3.63, 3.8) is 0 Å². The predicted molar refractivity (Wildman–Crippen MR) is 116 cm³/mol. The van der Waals surface area contributed by atoms with Gasteiger partial charge in [0.05, 0.1) is 12.0 Å². The van der Waals surface area contributed by atoms with E-state index in [9.17, 15) is 4.79 Å². The molecule has 2 heterocycles. The fraction of sp³-hybridized carbons (Fsp3) is 0.409. The SMILES string of the molecule is CC(C)CCC[C@@H](C)NC(=O)CSc1nnc(-c2ccco2)n1-c1ccccc1. The van der Waals surface area contributed by atoms with E-state index in [2.05, 4.69) is 36.3 Å². The molecule has 0 saturated carbocycles. The van der Waals surface area contributed by atoms with Crippen LogP contribution in [0.25, 0.3) is 17.3 Å². The van der Waals surface area contributed by atoms with E-state index in [-0.39, 0.29) is 17.7 Å². The highest BCUT2D eigenvalue weighted by molar-refractivity contribution is 7.99. The summed E-state index contributed by atoms with van der Waals surface area (Å²) in [6.45, 7) is 6.50. The van der Waals surface area contributed by atoms with Crippen molar-refractivity contribution >= 4 is 17.7 Å². The first-order valence-corrected chi connectivity index (χ1v) is 11.0. The van der Waals surface area contributed by atoms with Gasteiger partial charge in [0.15, 0.2) is 10.9 Å². The Bertz CT molecular complexity index is 891. The van der Waals surface area contributed by atoms with Gasteiger partial charge in [0.1, 0.15) is 0 Å². The highest BCUT2D eigenvalue weighted by Gasteiger charge is 2.19. The minimum Gasteiger partial charge on any atom is -0.461 e. The van der Waals surface area contributed by atoms with E-state index in [0.29, 0.717) is 22.7 Å². The highest BCUT2D eigenvalue weighted by Crippen LogP contribution is 2.28. The number of aromatic nitrogens is 3. The summed E-state index contributed by atoms with van der Waals surface area (Å²) in [5, 5.41) is 12.3. The molecule has 3 rings (SSSR count). The molecule has 0 radical (unpaired) electrons. The number of nitrogens with zero attached hydrogens (tertiary/aromatic N) is 3. The second-order valence-corrected chi connectivity index (χ2v) is 8.48. The summed E-state index contributed by atoms with van der Waals surface area (Å²) >= 11 is 1.37. The number of thioether (sulfide) groups is 1. The van der Waals surface area contributed by atoms with Gasteiger partial charge in [-0.3, -0.25) is 9.36 Å². The van der Waals surface area contributed by atoms with Crippen molar-refractivity contribution in [2.24, 2.45) is 5.92 Å². The average Bonchev–Trinajstić information content (AvgIpc) is 3.36. The van der Waals surface area contributed by atoms with Gasteiger partial charge < -0.3 is 9.73 Å². The third-order valence-corrected chi connectivity index (χ3v) is 5.48. The lowest BCUT2D eigenvalue weighted by Crippen LogP contribution is -2.33. The van der Waals surface area contributed by atoms with Crippen molar-refractivity contribution < 1.29 is 9.21 Å². The minimum absolute atomic E-state index is 0.00853. The van der Waals surface area contributed by atoms with Crippen molar-refractivity contribution in [1.29, 1.82) is 0 Å². The lowest BCUT2D eigenvalue weighted by atomic mass is 10.0. The molecule has 0 aliphatic carbocycles. The Hall–Kier alpha value is -2.54. The van der Waals surface area contributed by atoms with E-state index in [4.69, 9.17) is 4.42 Å². The van der Waals surface area contributed by atoms with E-state index in [1.165, 1.54) is 18.2 Å². The van der Waals surface area contributed by atoms with Crippen molar-refractivity contribution in [2.45, 2.75) is 51.2 Å². The predicted octanol–water partition coefficient (Wildman–Crippen LogP) is 4.95. The van der Waals surface area contributed by atoms with Gasteiger partial charge in [-0.05, 0) is 43.5 Å². The summed E-state index contributed by atoms with van der Waals surface area (Å²) in [6, 6.07) is 13.7. The van der Waals surface area contributed by atoms with Crippen LogP contribution in [-0.2, 0) is 4.79 Å². The maximum atomic E-state index is 12.4. The third-order valence-electron chi connectivity index (χ3n) is 4.55. The van der Waals surface area contributed by atoms with Crippen molar-refractivity contribution in [2.75, 3.05) is 5.75 Å². The number of nitrogens with one attached hydrogen (secondary N) is 1. The first-order chi connectivity index (χ1) is 14.0. The Kier molecular flexibility index (Phi) is 7.52. The molecule has 1 amide bonds. The van der Waals surface area contributed by atoms with Crippen molar-refractivity contribution in [3.8, 4) is 17.3 Å². The molecule has 0 fully saturated rings. The van der Waals surface area contributed by atoms with Crippen LogP contribution in [0, 0.1) is 5.92 Å². The van der Waals surface area contributed by atoms with Crippen LogP contribution in [-0.4, -0.2) is 32.5 Å². The summed E-state index contributed by atoms with van der Waals surface area (Å²) in [6.07, 6.45) is 4.92. The molecular formula is C22H28N4O2S. The molecule has 1 aromatic carbocycles. The number of benzene rings is 1. The molecule has 6 nitrogen and oxygen atoms in total. The lowest BCUT2D eigenvalue weighted by molar-refractivity contribution is -0.119. The van der Waals surface area contributed by atoms with Crippen LogP contribution in [0.4, 0.5) is 0 Å². The smallest absolute Gasteiger partial charge is 0.230 e. The summed E-state index contributed by atoms with van der Waals surface area (Å²) in [7, 11) is 0. The Morgan fingerprint density at radius 1 is 1.10 bits per heavy atom. The molecule has 7 heteroatoms. The van der Waals surface area contributed by atoms with Gasteiger partial charge in [-0.2, -0.15) is 0 Å². The second kappa shape index (κ2) is 10.3. The molecular weight excluding hydrogens is 384 g/mol. The van der Waals surface area contributed by atoms with Crippen LogP contribution in [0.1, 0.15) is 40.0 Å². The van der Waals surface area contributed by atoms with E-state index in [1.807, 2.05) is 47.0 Å². The number of furan rings is 1. The summed E-state index contributed by atoms with van der Waals surface area (Å²) < 4.78 is 7.44. The van der Waals surface area contributed by atoms with Gasteiger partial charge in [0.2, 0.25) is 11.7 Å². The first kappa shape index (κ1) is 21.2. The summed E-state index contributed by atoms with van der Waals surface area (Å²) in [4.78, 5) is 12.4. The van der Waals surface area contributed by atoms with Crippen LogP contribution in [0.2, 0.25) is 0 Å². The number of carbonyl (C=O) groups excluding carboxylic acids is 1. The molecule has 1 atom stereocenters. The van der Waals surface area contributed by atoms with E-state index in [1.54, 1.807) is 6.26 Å². The van der Waals surface area contributed by atoms with Crippen molar-refractivity contribution in [3.05, 3.63) is 48.7 Å². The number of amides is 1. The topological polar surface area (TPSA) is 73.0 Å². The molecule has 3 aromatic rings. The standard InChI is InChI=1S/C22H28N4O2S/c1-16(2)9-7-10-17(3)23-20(27)15-29-22-25-24-21(19-13-8-14-28-19)26(22)18-11-5-4-6-12-18/h4-6,8,11-14,16-17H,7,9-10,15H2,1-3H3,(H,23,27)/t17-/m1/s1. The minimum atomic E-state index is 0.00853. The molecule has 0 unspecified atom stereocenters. The lowest BCUT2D eigenvalue weighted by Gasteiger charge is -2.14. The Morgan fingerprint density at radius 2 is 1.90 bits per heavy atom. The van der Waals surface area contributed by atoms with Crippen molar-refractivity contribution in [1.82, 2.24) is 20.1 Å². The van der Waals surface area contributed by atoms with Gasteiger partial charge in [0, 0.05) is 11.7 Å². The number of rotatable bonds is 10. The number of hydrogen-bond acceptors (Lipinski definition) is 5. The van der Waals surface area contributed by atoms with Crippen LogP contribution >= 0.6 is 11.8 Å². The fourth-order valence-electron chi connectivity index (χ4n) is 3.09. The summed E-state index contributed by atoms with van der Waals surface area (Å²) in [5.74, 6) is 2.25. The molecule has 154 valence electrons.